The summed E-state index contributed by atoms with van der Waals surface area (Å²) in [5.74, 6) is 0. The van der Waals surface area contributed by atoms with E-state index in [9.17, 15) is 0 Å². The van der Waals surface area contributed by atoms with Gasteiger partial charge in [-0.25, -0.2) is 0 Å². The fourth-order valence-electron chi connectivity index (χ4n) is 3.80. The molecule has 1 saturated heterocycles. The largest absolute Gasteiger partial charge is 0.369 e. The van der Waals surface area contributed by atoms with Crippen molar-refractivity contribution >= 4 is 5.69 Å². The van der Waals surface area contributed by atoms with Gasteiger partial charge in [0.15, 0.2) is 0 Å². The molecule has 1 aliphatic carbocycles. The van der Waals surface area contributed by atoms with E-state index in [1.54, 1.807) is 0 Å². The zero-order valence-electron chi connectivity index (χ0n) is 12.6. The summed E-state index contributed by atoms with van der Waals surface area (Å²) >= 11 is 0. The highest BCUT2D eigenvalue weighted by molar-refractivity contribution is 5.54. The summed E-state index contributed by atoms with van der Waals surface area (Å²) in [5.41, 5.74) is 9.71. The molecule has 1 heterocycles. The summed E-state index contributed by atoms with van der Waals surface area (Å²) in [6.45, 7) is 7.62. The maximum absolute atomic E-state index is 5.71. The molecule has 110 valence electrons. The Morgan fingerprint density at radius 1 is 1.10 bits per heavy atom. The van der Waals surface area contributed by atoms with Gasteiger partial charge in [-0.3, -0.25) is 4.90 Å². The normalized spacial score (nSPS) is 21.6. The van der Waals surface area contributed by atoms with Gasteiger partial charge in [0.25, 0.3) is 0 Å². The van der Waals surface area contributed by atoms with Crippen LogP contribution in [0.25, 0.3) is 0 Å². The molecule has 0 radical (unpaired) electrons. The highest BCUT2D eigenvalue weighted by Gasteiger charge is 2.26. The van der Waals surface area contributed by atoms with Crippen LogP contribution < -0.4 is 10.6 Å². The summed E-state index contributed by atoms with van der Waals surface area (Å²) in [6, 6.07) is 7.53. The molecular formula is C17H27N3. The van der Waals surface area contributed by atoms with E-state index in [4.69, 9.17) is 5.73 Å². The average Bonchev–Trinajstić information content (AvgIpc) is 3.01. The lowest BCUT2D eigenvalue weighted by molar-refractivity contribution is 0.187. The molecule has 2 aliphatic rings. The van der Waals surface area contributed by atoms with Crippen molar-refractivity contribution in [3.8, 4) is 0 Å². The average molecular weight is 273 g/mol. The minimum atomic E-state index is 0.635. The Bertz CT molecular complexity index is 444. The minimum absolute atomic E-state index is 0.635. The van der Waals surface area contributed by atoms with Crippen LogP contribution in [0.5, 0.6) is 0 Å². The van der Waals surface area contributed by atoms with Gasteiger partial charge in [0.05, 0.1) is 0 Å². The van der Waals surface area contributed by atoms with Crippen molar-refractivity contribution in [1.29, 1.82) is 0 Å². The van der Waals surface area contributed by atoms with Crippen molar-refractivity contribution in [2.75, 3.05) is 31.1 Å². The Morgan fingerprint density at radius 3 is 2.40 bits per heavy atom. The summed E-state index contributed by atoms with van der Waals surface area (Å²) in [5, 5.41) is 0. The van der Waals surface area contributed by atoms with Gasteiger partial charge in [0.2, 0.25) is 0 Å². The van der Waals surface area contributed by atoms with E-state index in [1.807, 2.05) is 0 Å². The molecule has 3 nitrogen and oxygen atoms in total. The third-order valence-corrected chi connectivity index (χ3v) is 4.99. The van der Waals surface area contributed by atoms with Crippen LogP contribution >= 0.6 is 0 Å². The molecule has 0 atom stereocenters. The Morgan fingerprint density at radius 2 is 1.80 bits per heavy atom. The highest BCUT2D eigenvalue weighted by Crippen LogP contribution is 2.27. The van der Waals surface area contributed by atoms with E-state index in [1.165, 1.54) is 68.7 Å². The fraction of sp³-hybridized carbons (Fsp3) is 0.647. The van der Waals surface area contributed by atoms with Gasteiger partial charge in [0.1, 0.15) is 0 Å². The predicted octanol–water partition coefficient (Wildman–Crippen LogP) is 2.52. The maximum atomic E-state index is 5.71. The lowest BCUT2D eigenvalue weighted by atomic mass is 10.1. The third-order valence-electron chi connectivity index (χ3n) is 4.99. The molecule has 1 aromatic rings. The van der Waals surface area contributed by atoms with Gasteiger partial charge in [0, 0.05) is 44.5 Å². The third kappa shape index (κ3) is 2.84. The SMILES string of the molecule is Cc1cc(CN)ccc1N1CCN(C2CCCC2)CC1. The van der Waals surface area contributed by atoms with Gasteiger partial charge in [-0.1, -0.05) is 25.0 Å². The number of aryl methyl sites for hydroxylation is 1. The van der Waals surface area contributed by atoms with E-state index >= 15 is 0 Å². The second-order valence-electron chi connectivity index (χ2n) is 6.29. The fourth-order valence-corrected chi connectivity index (χ4v) is 3.80. The first-order valence-corrected chi connectivity index (χ1v) is 8.06. The molecule has 1 aliphatic heterocycles. The molecule has 2 fully saturated rings. The first-order chi connectivity index (χ1) is 9.78. The zero-order chi connectivity index (χ0) is 13.9. The lowest BCUT2D eigenvalue weighted by Gasteiger charge is -2.39. The summed E-state index contributed by atoms with van der Waals surface area (Å²) in [4.78, 5) is 5.26. The number of nitrogens with zero attached hydrogens (tertiary/aromatic N) is 2. The van der Waals surface area contributed by atoms with Crippen LogP contribution in [0.2, 0.25) is 0 Å². The standard InChI is InChI=1S/C17H27N3/c1-14-12-15(13-18)6-7-17(14)20-10-8-19(9-11-20)16-4-2-3-5-16/h6-7,12,16H,2-5,8-11,13,18H2,1H3. The summed E-state index contributed by atoms with van der Waals surface area (Å²) in [6.07, 6.45) is 5.71. The van der Waals surface area contributed by atoms with E-state index in [-0.39, 0.29) is 0 Å². The van der Waals surface area contributed by atoms with Crippen LogP contribution in [-0.4, -0.2) is 37.1 Å². The Balaban J connectivity index is 1.62. The van der Waals surface area contributed by atoms with Crippen molar-refractivity contribution in [3.63, 3.8) is 0 Å². The van der Waals surface area contributed by atoms with Crippen LogP contribution in [-0.2, 0) is 6.54 Å². The topological polar surface area (TPSA) is 32.5 Å². The number of anilines is 1. The van der Waals surface area contributed by atoms with E-state index in [0.29, 0.717) is 6.54 Å². The van der Waals surface area contributed by atoms with Gasteiger partial charge >= 0.3 is 0 Å². The number of rotatable bonds is 3. The summed E-state index contributed by atoms with van der Waals surface area (Å²) < 4.78 is 0. The Labute approximate surface area is 122 Å². The van der Waals surface area contributed by atoms with E-state index in [0.717, 1.165) is 6.04 Å². The molecule has 0 bridgehead atoms. The zero-order valence-corrected chi connectivity index (χ0v) is 12.6. The quantitative estimate of drug-likeness (QED) is 0.918. The smallest absolute Gasteiger partial charge is 0.0397 e. The van der Waals surface area contributed by atoms with E-state index < -0.39 is 0 Å². The molecule has 0 unspecified atom stereocenters. The minimum Gasteiger partial charge on any atom is -0.369 e. The molecule has 1 aromatic carbocycles. The van der Waals surface area contributed by atoms with Crippen molar-refractivity contribution < 1.29 is 0 Å². The van der Waals surface area contributed by atoms with Crippen LogP contribution in [0, 0.1) is 6.92 Å². The molecule has 2 N–H and O–H groups in total. The number of hydrogen-bond donors (Lipinski definition) is 1. The second kappa shape index (κ2) is 6.15. The molecular weight excluding hydrogens is 246 g/mol. The maximum Gasteiger partial charge on any atom is 0.0397 e. The molecule has 20 heavy (non-hydrogen) atoms. The molecule has 3 heteroatoms. The Hall–Kier alpha value is -1.06. The van der Waals surface area contributed by atoms with Crippen molar-refractivity contribution in [1.82, 2.24) is 4.90 Å². The van der Waals surface area contributed by atoms with Gasteiger partial charge in [-0.05, 0) is 37.0 Å². The monoisotopic (exact) mass is 273 g/mol. The number of hydrogen-bond acceptors (Lipinski definition) is 3. The number of piperazine rings is 1. The van der Waals surface area contributed by atoms with Crippen LogP contribution in [0.3, 0.4) is 0 Å². The second-order valence-corrected chi connectivity index (χ2v) is 6.29. The first-order valence-electron chi connectivity index (χ1n) is 8.06. The molecule has 0 amide bonds. The first kappa shape index (κ1) is 13.9. The lowest BCUT2D eigenvalue weighted by Crippen LogP contribution is -2.49. The summed E-state index contributed by atoms with van der Waals surface area (Å²) in [7, 11) is 0. The van der Waals surface area contributed by atoms with E-state index in [2.05, 4.69) is 34.9 Å². The molecule has 3 rings (SSSR count). The number of benzene rings is 1. The van der Waals surface area contributed by atoms with Crippen LogP contribution in [0.1, 0.15) is 36.8 Å². The molecule has 1 saturated carbocycles. The van der Waals surface area contributed by atoms with Gasteiger partial charge < -0.3 is 10.6 Å². The molecule has 0 aromatic heterocycles. The molecule has 0 spiro atoms. The predicted molar refractivity (Wildman–Crippen MR) is 85.1 cm³/mol. The van der Waals surface area contributed by atoms with Gasteiger partial charge in [-0.2, -0.15) is 0 Å². The number of nitrogens with two attached hydrogens (primary N) is 1. The van der Waals surface area contributed by atoms with Gasteiger partial charge in [-0.15, -0.1) is 0 Å². The highest BCUT2D eigenvalue weighted by atomic mass is 15.3. The van der Waals surface area contributed by atoms with Crippen molar-refractivity contribution in [2.24, 2.45) is 5.73 Å². The van der Waals surface area contributed by atoms with Crippen molar-refractivity contribution in [2.45, 2.75) is 45.2 Å². The Kier molecular flexibility index (Phi) is 4.27. The van der Waals surface area contributed by atoms with Crippen LogP contribution in [0.15, 0.2) is 18.2 Å². The van der Waals surface area contributed by atoms with Crippen LogP contribution in [0.4, 0.5) is 5.69 Å². The van der Waals surface area contributed by atoms with Crippen molar-refractivity contribution in [3.05, 3.63) is 29.3 Å².